The Labute approximate surface area is 188 Å². The van der Waals surface area contributed by atoms with E-state index in [2.05, 4.69) is 25.3 Å². The highest BCUT2D eigenvalue weighted by atomic mass is 19.4. The fourth-order valence-electron chi connectivity index (χ4n) is 2.93. The fourth-order valence-corrected chi connectivity index (χ4v) is 2.93. The third-order valence-electron chi connectivity index (χ3n) is 4.36. The molecule has 0 unspecified atom stereocenters. The summed E-state index contributed by atoms with van der Waals surface area (Å²) in [5.41, 5.74) is 1.42. The number of aliphatic hydroxyl groups is 1. The molecule has 3 aromatic rings. The predicted molar refractivity (Wildman–Crippen MR) is 117 cm³/mol. The van der Waals surface area contributed by atoms with Crippen LogP contribution in [0.2, 0.25) is 0 Å². The molecule has 176 valence electrons. The highest BCUT2D eigenvalue weighted by molar-refractivity contribution is 5.69. The van der Waals surface area contributed by atoms with Gasteiger partial charge in [0.15, 0.2) is 11.5 Å². The lowest BCUT2D eigenvalue weighted by Gasteiger charge is -2.14. The van der Waals surface area contributed by atoms with Gasteiger partial charge in [0.2, 0.25) is 5.95 Å². The van der Waals surface area contributed by atoms with Gasteiger partial charge in [-0.05, 0) is 30.7 Å². The number of halogens is 3. The molecule has 1 heterocycles. The van der Waals surface area contributed by atoms with Crippen molar-refractivity contribution in [2.45, 2.75) is 12.8 Å². The fraction of sp³-hybridized carbons (Fsp3) is 0.273. The second-order valence-electron chi connectivity index (χ2n) is 6.74. The highest BCUT2D eigenvalue weighted by Crippen LogP contribution is 2.32. The summed E-state index contributed by atoms with van der Waals surface area (Å²) >= 11 is 0. The molecule has 0 fully saturated rings. The number of nitrogens with one attached hydrogen (secondary N) is 2. The number of hydrogen-bond donors (Lipinski definition) is 3. The van der Waals surface area contributed by atoms with E-state index in [-0.39, 0.29) is 18.3 Å². The first-order valence-corrected chi connectivity index (χ1v) is 9.90. The first-order chi connectivity index (χ1) is 15.8. The standard InChI is InChI=1S/C22H23F3N4O4/c1-31-18-8-7-15(12-19(18)32-2)27-20-13-17(28-21(29-20)26-9-4-10-30)14-5-3-6-16(11-14)33-22(23,24)25/h3,5-8,11-13,30H,4,9-10H2,1-2H3,(H2,26,27,28,29). The van der Waals surface area contributed by atoms with E-state index in [0.717, 1.165) is 0 Å². The van der Waals surface area contributed by atoms with Crippen LogP contribution in [0, 0.1) is 0 Å². The smallest absolute Gasteiger partial charge is 0.493 e. The van der Waals surface area contributed by atoms with Crippen molar-refractivity contribution in [1.82, 2.24) is 9.97 Å². The molecule has 0 aliphatic heterocycles. The highest BCUT2D eigenvalue weighted by Gasteiger charge is 2.31. The number of aromatic nitrogens is 2. The van der Waals surface area contributed by atoms with Crippen LogP contribution in [0.1, 0.15) is 6.42 Å². The molecule has 0 atom stereocenters. The van der Waals surface area contributed by atoms with Crippen LogP contribution in [0.4, 0.5) is 30.6 Å². The lowest BCUT2D eigenvalue weighted by atomic mass is 10.1. The van der Waals surface area contributed by atoms with Crippen LogP contribution in [-0.2, 0) is 0 Å². The molecule has 8 nitrogen and oxygen atoms in total. The molecule has 2 aromatic carbocycles. The summed E-state index contributed by atoms with van der Waals surface area (Å²) in [6, 6.07) is 12.3. The molecule has 0 saturated heterocycles. The molecule has 33 heavy (non-hydrogen) atoms. The second kappa shape index (κ2) is 10.7. The van der Waals surface area contributed by atoms with E-state index in [4.69, 9.17) is 14.6 Å². The van der Waals surface area contributed by atoms with Gasteiger partial charge in [0.05, 0.1) is 19.9 Å². The van der Waals surface area contributed by atoms with E-state index >= 15 is 0 Å². The van der Waals surface area contributed by atoms with Crippen LogP contribution in [-0.4, -0.2) is 48.8 Å². The molecule has 0 amide bonds. The zero-order valence-electron chi connectivity index (χ0n) is 17.9. The predicted octanol–water partition coefficient (Wildman–Crippen LogP) is 4.60. The third-order valence-corrected chi connectivity index (χ3v) is 4.36. The van der Waals surface area contributed by atoms with Crippen LogP contribution in [0.25, 0.3) is 11.3 Å². The maximum Gasteiger partial charge on any atom is 0.573 e. The lowest BCUT2D eigenvalue weighted by Crippen LogP contribution is -2.17. The SMILES string of the molecule is COc1ccc(Nc2cc(-c3cccc(OC(F)(F)F)c3)nc(NCCCO)n2)cc1OC. The average Bonchev–Trinajstić information content (AvgIpc) is 2.78. The minimum absolute atomic E-state index is 0.0136. The first-order valence-electron chi connectivity index (χ1n) is 9.90. The molecule has 3 N–H and O–H groups in total. The van der Waals surface area contributed by atoms with Gasteiger partial charge >= 0.3 is 6.36 Å². The molecule has 0 aliphatic carbocycles. The summed E-state index contributed by atoms with van der Waals surface area (Å²) < 4.78 is 52.4. The number of ether oxygens (including phenoxy) is 3. The Morgan fingerprint density at radius 2 is 1.76 bits per heavy atom. The second-order valence-corrected chi connectivity index (χ2v) is 6.74. The maximum atomic E-state index is 12.6. The Morgan fingerprint density at radius 1 is 0.970 bits per heavy atom. The molecule has 3 rings (SSSR count). The third kappa shape index (κ3) is 6.88. The summed E-state index contributed by atoms with van der Waals surface area (Å²) in [6.07, 6.45) is -4.33. The topological polar surface area (TPSA) is 97.8 Å². The van der Waals surface area contributed by atoms with Crippen molar-refractivity contribution >= 4 is 17.5 Å². The van der Waals surface area contributed by atoms with E-state index in [1.807, 2.05) is 0 Å². The monoisotopic (exact) mass is 464 g/mol. The van der Waals surface area contributed by atoms with Gasteiger partial charge in [0.25, 0.3) is 0 Å². The first kappa shape index (κ1) is 23.9. The summed E-state index contributed by atoms with van der Waals surface area (Å²) in [7, 11) is 3.05. The van der Waals surface area contributed by atoms with Crippen molar-refractivity contribution in [3.8, 4) is 28.5 Å². The van der Waals surface area contributed by atoms with Gasteiger partial charge < -0.3 is 30.0 Å². The zero-order chi connectivity index (χ0) is 23.8. The number of methoxy groups -OCH3 is 2. The molecule has 1 aromatic heterocycles. The largest absolute Gasteiger partial charge is 0.573 e. The van der Waals surface area contributed by atoms with Crippen LogP contribution >= 0.6 is 0 Å². The molecule has 0 bridgehead atoms. The van der Waals surface area contributed by atoms with Crippen LogP contribution in [0.15, 0.2) is 48.5 Å². The molecular formula is C22H23F3N4O4. The molecular weight excluding hydrogens is 441 g/mol. The molecule has 0 spiro atoms. The van der Waals surface area contributed by atoms with Crippen molar-refractivity contribution in [3.05, 3.63) is 48.5 Å². The summed E-state index contributed by atoms with van der Waals surface area (Å²) in [5.74, 6) is 1.34. The van der Waals surface area contributed by atoms with Gasteiger partial charge in [-0.25, -0.2) is 4.98 Å². The van der Waals surface area contributed by atoms with Crippen molar-refractivity contribution in [3.63, 3.8) is 0 Å². The van der Waals surface area contributed by atoms with E-state index in [0.29, 0.717) is 47.2 Å². The van der Waals surface area contributed by atoms with Crippen molar-refractivity contribution in [2.75, 3.05) is 38.0 Å². The van der Waals surface area contributed by atoms with Crippen LogP contribution in [0.3, 0.4) is 0 Å². The van der Waals surface area contributed by atoms with E-state index in [1.165, 1.54) is 32.4 Å². The van der Waals surface area contributed by atoms with Gasteiger partial charge in [-0.1, -0.05) is 12.1 Å². The van der Waals surface area contributed by atoms with Gasteiger partial charge in [-0.3, -0.25) is 0 Å². The van der Waals surface area contributed by atoms with Crippen LogP contribution < -0.4 is 24.8 Å². The van der Waals surface area contributed by atoms with Crippen LogP contribution in [0.5, 0.6) is 17.2 Å². The summed E-state index contributed by atoms with van der Waals surface area (Å²) in [6.45, 7) is 0.396. The van der Waals surface area contributed by atoms with Crippen molar-refractivity contribution in [2.24, 2.45) is 0 Å². The zero-order valence-corrected chi connectivity index (χ0v) is 17.9. The number of benzene rings is 2. The molecule has 0 saturated carbocycles. The number of hydrogen-bond acceptors (Lipinski definition) is 8. The van der Waals surface area contributed by atoms with Crippen molar-refractivity contribution in [1.29, 1.82) is 0 Å². The summed E-state index contributed by atoms with van der Waals surface area (Å²) in [4.78, 5) is 8.80. The van der Waals surface area contributed by atoms with E-state index in [1.54, 1.807) is 30.3 Å². The average molecular weight is 464 g/mol. The Morgan fingerprint density at radius 3 is 2.45 bits per heavy atom. The van der Waals surface area contributed by atoms with Gasteiger partial charge in [-0.15, -0.1) is 13.2 Å². The number of aliphatic hydroxyl groups excluding tert-OH is 1. The Bertz CT molecular complexity index is 1080. The molecule has 0 aliphatic rings. The Hall–Kier alpha value is -3.73. The normalized spacial score (nSPS) is 11.1. The van der Waals surface area contributed by atoms with Crippen molar-refractivity contribution < 1.29 is 32.5 Å². The number of rotatable bonds is 10. The minimum atomic E-state index is -4.80. The Kier molecular flexibility index (Phi) is 7.78. The Balaban J connectivity index is 1.95. The number of nitrogens with zero attached hydrogens (tertiary/aromatic N) is 2. The number of alkyl halides is 3. The lowest BCUT2D eigenvalue weighted by molar-refractivity contribution is -0.274. The van der Waals surface area contributed by atoms with Gasteiger partial charge in [-0.2, -0.15) is 4.98 Å². The van der Waals surface area contributed by atoms with Gasteiger partial charge in [0, 0.05) is 36.5 Å². The summed E-state index contributed by atoms with van der Waals surface area (Å²) in [5, 5.41) is 15.2. The van der Waals surface area contributed by atoms with E-state index < -0.39 is 6.36 Å². The maximum absolute atomic E-state index is 12.6. The minimum Gasteiger partial charge on any atom is -0.493 e. The number of anilines is 3. The molecule has 0 radical (unpaired) electrons. The van der Waals surface area contributed by atoms with E-state index in [9.17, 15) is 13.2 Å². The quantitative estimate of drug-likeness (QED) is 0.375. The van der Waals surface area contributed by atoms with Gasteiger partial charge in [0.1, 0.15) is 11.6 Å². The molecule has 11 heteroatoms.